The van der Waals surface area contributed by atoms with Gasteiger partial charge in [0.2, 0.25) is 5.91 Å². The van der Waals surface area contributed by atoms with Gasteiger partial charge in [0.05, 0.1) is 5.69 Å². The molecule has 5 nitrogen and oxygen atoms in total. The van der Waals surface area contributed by atoms with E-state index < -0.39 is 0 Å². The van der Waals surface area contributed by atoms with Crippen LogP contribution in [0.5, 0.6) is 0 Å². The summed E-state index contributed by atoms with van der Waals surface area (Å²) >= 11 is 0. The van der Waals surface area contributed by atoms with E-state index in [1.807, 2.05) is 47.6 Å². The van der Waals surface area contributed by atoms with Crippen molar-refractivity contribution in [3.05, 3.63) is 60.2 Å². The molecule has 5 heteroatoms. The first-order valence-corrected chi connectivity index (χ1v) is 8.10. The number of rotatable bonds is 5. The number of nitrogens with zero attached hydrogens (tertiary/aromatic N) is 4. The number of pyridine rings is 2. The lowest BCUT2D eigenvalue weighted by Gasteiger charge is -2.34. The molecule has 23 heavy (non-hydrogen) atoms. The molecule has 3 rings (SSSR count). The smallest absolute Gasteiger partial charge is 0.222 e. The Hall–Kier alpha value is -2.27. The number of piperazine rings is 1. The lowest BCUT2D eigenvalue weighted by atomic mass is 10.1. The third-order valence-electron chi connectivity index (χ3n) is 4.19. The molecule has 2 aromatic heterocycles. The van der Waals surface area contributed by atoms with Gasteiger partial charge in [-0.05, 0) is 30.2 Å². The van der Waals surface area contributed by atoms with E-state index >= 15 is 0 Å². The topological polar surface area (TPSA) is 49.3 Å². The second-order valence-corrected chi connectivity index (χ2v) is 5.84. The summed E-state index contributed by atoms with van der Waals surface area (Å²) in [6.45, 7) is 4.29. The lowest BCUT2D eigenvalue weighted by Crippen LogP contribution is -2.48. The summed E-state index contributed by atoms with van der Waals surface area (Å²) in [7, 11) is 0. The van der Waals surface area contributed by atoms with Gasteiger partial charge in [0.1, 0.15) is 0 Å². The molecule has 0 aliphatic carbocycles. The normalized spacial score (nSPS) is 15.6. The van der Waals surface area contributed by atoms with Crippen LogP contribution in [-0.2, 0) is 17.8 Å². The largest absolute Gasteiger partial charge is 0.340 e. The van der Waals surface area contributed by atoms with E-state index in [0.717, 1.165) is 50.4 Å². The number of carbonyl (C=O) groups excluding carboxylic acids is 1. The summed E-state index contributed by atoms with van der Waals surface area (Å²) in [4.78, 5) is 25.1. The van der Waals surface area contributed by atoms with E-state index in [1.54, 1.807) is 6.20 Å². The molecule has 1 aliphatic heterocycles. The van der Waals surface area contributed by atoms with Gasteiger partial charge in [0.25, 0.3) is 0 Å². The minimum absolute atomic E-state index is 0.242. The van der Waals surface area contributed by atoms with Gasteiger partial charge in [0, 0.05) is 57.7 Å². The average Bonchev–Trinajstić information content (AvgIpc) is 2.62. The minimum atomic E-state index is 0.242. The highest BCUT2D eigenvalue weighted by molar-refractivity contribution is 5.76. The Morgan fingerprint density at radius 3 is 2.61 bits per heavy atom. The molecule has 0 spiro atoms. The molecule has 3 heterocycles. The molecule has 1 saturated heterocycles. The summed E-state index contributed by atoms with van der Waals surface area (Å²) in [5.41, 5.74) is 2.21. The monoisotopic (exact) mass is 310 g/mol. The highest BCUT2D eigenvalue weighted by atomic mass is 16.2. The van der Waals surface area contributed by atoms with Crippen LogP contribution in [0.15, 0.2) is 48.9 Å². The zero-order valence-electron chi connectivity index (χ0n) is 13.3. The Kier molecular flexibility index (Phi) is 5.32. The predicted molar refractivity (Wildman–Crippen MR) is 88.7 cm³/mol. The van der Waals surface area contributed by atoms with E-state index in [0.29, 0.717) is 6.42 Å². The van der Waals surface area contributed by atoms with Crippen LogP contribution in [-0.4, -0.2) is 51.9 Å². The van der Waals surface area contributed by atoms with E-state index in [4.69, 9.17) is 0 Å². The highest BCUT2D eigenvalue weighted by Gasteiger charge is 2.20. The average molecular weight is 310 g/mol. The summed E-state index contributed by atoms with van der Waals surface area (Å²) in [5, 5.41) is 0. The Morgan fingerprint density at radius 1 is 1.04 bits per heavy atom. The first kappa shape index (κ1) is 15.6. The van der Waals surface area contributed by atoms with Crippen LogP contribution in [0, 0.1) is 0 Å². The standard InChI is InChI=1S/C18H22N4O/c23-18(7-6-16-4-3-8-19-14-16)22-12-10-21(11-13-22)15-17-5-1-2-9-20-17/h1-5,8-9,14H,6-7,10-13,15H2. The van der Waals surface area contributed by atoms with Crippen molar-refractivity contribution in [2.75, 3.05) is 26.2 Å². The summed E-state index contributed by atoms with van der Waals surface area (Å²) < 4.78 is 0. The van der Waals surface area contributed by atoms with E-state index in [1.165, 1.54) is 0 Å². The number of carbonyl (C=O) groups is 1. The first-order chi connectivity index (χ1) is 11.3. The number of hydrogen-bond acceptors (Lipinski definition) is 4. The molecule has 0 unspecified atom stereocenters. The van der Waals surface area contributed by atoms with Crippen molar-refractivity contribution in [2.45, 2.75) is 19.4 Å². The van der Waals surface area contributed by atoms with Crippen molar-refractivity contribution < 1.29 is 4.79 Å². The Balaban J connectivity index is 1.42. The van der Waals surface area contributed by atoms with Gasteiger partial charge < -0.3 is 4.90 Å². The van der Waals surface area contributed by atoms with Crippen LogP contribution < -0.4 is 0 Å². The van der Waals surface area contributed by atoms with Gasteiger partial charge >= 0.3 is 0 Å². The fraction of sp³-hybridized carbons (Fsp3) is 0.389. The van der Waals surface area contributed by atoms with Crippen molar-refractivity contribution >= 4 is 5.91 Å². The van der Waals surface area contributed by atoms with E-state index in [2.05, 4.69) is 14.9 Å². The first-order valence-electron chi connectivity index (χ1n) is 8.10. The number of aromatic nitrogens is 2. The predicted octanol–water partition coefficient (Wildman–Crippen LogP) is 1.75. The quantitative estimate of drug-likeness (QED) is 0.844. The van der Waals surface area contributed by atoms with Crippen LogP contribution in [0.4, 0.5) is 0 Å². The molecule has 0 aromatic carbocycles. The molecule has 1 fully saturated rings. The molecule has 0 saturated carbocycles. The summed E-state index contributed by atoms with van der Waals surface area (Å²) in [5.74, 6) is 0.242. The zero-order valence-corrected chi connectivity index (χ0v) is 13.3. The Bertz CT molecular complexity index is 609. The van der Waals surface area contributed by atoms with Crippen molar-refractivity contribution in [3.8, 4) is 0 Å². The third kappa shape index (κ3) is 4.60. The fourth-order valence-corrected chi connectivity index (χ4v) is 2.83. The van der Waals surface area contributed by atoms with Gasteiger partial charge in [-0.25, -0.2) is 0 Å². The number of aryl methyl sites for hydroxylation is 1. The number of amides is 1. The van der Waals surface area contributed by atoms with Crippen molar-refractivity contribution in [2.24, 2.45) is 0 Å². The van der Waals surface area contributed by atoms with E-state index in [9.17, 15) is 4.79 Å². The molecular formula is C18H22N4O. The maximum atomic E-state index is 12.3. The van der Waals surface area contributed by atoms with Crippen LogP contribution in [0.1, 0.15) is 17.7 Å². The molecule has 2 aromatic rings. The molecule has 0 radical (unpaired) electrons. The Morgan fingerprint density at radius 2 is 1.91 bits per heavy atom. The van der Waals surface area contributed by atoms with Gasteiger partial charge in [0.15, 0.2) is 0 Å². The van der Waals surface area contributed by atoms with Crippen LogP contribution in [0.25, 0.3) is 0 Å². The van der Waals surface area contributed by atoms with Crippen LogP contribution >= 0.6 is 0 Å². The number of hydrogen-bond donors (Lipinski definition) is 0. The fourth-order valence-electron chi connectivity index (χ4n) is 2.83. The second-order valence-electron chi connectivity index (χ2n) is 5.84. The Labute approximate surface area is 137 Å². The summed E-state index contributed by atoms with van der Waals surface area (Å²) in [6.07, 6.45) is 6.74. The van der Waals surface area contributed by atoms with Crippen molar-refractivity contribution in [1.82, 2.24) is 19.8 Å². The van der Waals surface area contributed by atoms with Gasteiger partial charge in [-0.2, -0.15) is 0 Å². The molecule has 1 aliphatic rings. The maximum absolute atomic E-state index is 12.3. The van der Waals surface area contributed by atoms with Crippen LogP contribution in [0.2, 0.25) is 0 Å². The van der Waals surface area contributed by atoms with Crippen molar-refractivity contribution in [3.63, 3.8) is 0 Å². The van der Waals surface area contributed by atoms with Gasteiger partial charge in [-0.1, -0.05) is 12.1 Å². The molecule has 1 amide bonds. The van der Waals surface area contributed by atoms with Gasteiger partial charge in [-0.15, -0.1) is 0 Å². The molecule has 0 N–H and O–H groups in total. The summed E-state index contributed by atoms with van der Waals surface area (Å²) in [6, 6.07) is 9.93. The molecular weight excluding hydrogens is 288 g/mol. The zero-order chi connectivity index (χ0) is 15.9. The second kappa shape index (κ2) is 7.83. The van der Waals surface area contributed by atoms with Crippen LogP contribution in [0.3, 0.4) is 0 Å². The van der Waals surface area contributed by atoms with E-state index in [-0.39, 0.29) is 5.91 Å². The molecule has 120 valence electrons. The van der Waals surface area contributed by atoms with Gasteiger partial charge in [-0.3, -0.25) is 19.7 Å². The highest BCUT2D eigenvalue weighted by Crippen LogP contribution is 2.09. The minimum Gasteiger partial charge on any atom is -0.340 e. The SMILES string of the molecule is O=C(CCc1cccnc1)N1CCN(Cc2ccccn2)CC1. The maximum Gasteiger partial charge on any atom is 0.222 e. The third-order valence-corrected chi connectivity index (χ3v) is 4.19. The lowest BCUT2D eigenvalue weighted by molar-refractivity contribution is -0.133. The molecule has 0 atom stereocenters. The molecule has 0 bridgehead atoms. The van der Waals surface area contributed by atoms with Crippen molar-refractivity contribution in [1.29, 1.82) is 0 Å².